The molecule has 0 atom stereocenters. The van der Waals surface area contributed by atoms with E-state index in [1.807, 2.05) is 37.3 Å². The van der Waals surface area contributed by atoms with Gasteiger partial charge in [-0.2, -0.15) is 0 Å². The van der Waals surface area contributed by atoms with Crippen LogP contribution in [0.4, 0.5) is 0 Å². The first kappa shape index (κ1) is 13.6. The number of methoxy groups -OCH3 is 1. The van der Waals surface area contributed by atoms with Crippen LogP contribution < -0.4 is 9.47 Å². The highest BCUT2D eigenvalue weighted by Crippen LogP contribution is 2.28. The van der Waals surface area contributed by atoms with Gasteiger partial charge < -0.3 is 9.47 Å². The van der Waals surface area contributed by atoms with Gasteiger partial charge in [-0.15, -0.1) is 0 Å². The third-order valence-electron chi connectivity index (χ3n) is 2.55. The van der Waals surface area contributed by atoms with Gasteiger partial charge in [0.1, 0.15) is 0 Å². The molecule has 0 bridgehead atoms. The van der Waals surface area contributed by atoms with Crippen molar-refractivity contribution < 1.29 is 9.47 Å². The lowest BCUT2D eigenvalue weighted by Gasteiger charge is -2.11. The largest absolute Gasteiger partial charge is 0.493 e. The van der Waals surface area contributed by atoms with E-state index in [1.54, 1.807) is 7.11 Å². The molecule has 0 saturated carbocycles. The van der Waals surface area contributed by atoms with Crippen molar-refractivity contribution in [2.75, 3.05) is 13.7 Å². The minimum absolute atomic E-state index is 0.757. The Labute approximate surface area is 104 Å². The predicted octanol–water partition coefficient (Wildman–Crippen LogP) is 4.30. The summed E-state index contributed by atoms with van der Waals surface area (Å²) >= 11 is 0. The lowest BCUT2D eigenvalue weighted by molar-refractivity contribution is 0.286. The van der Waals surface area contributed by atoms with Crippen molar-refractivity contribution in [3.05, 3.63) is 29.8 Å². The number of hydrogen-bond acceptors (Lipinski definition) is 2. The number of unbranched alkanes of at least 4 members (excludes halogenated alkanes) is 2. The quantitative estimate of drug-likeness (QED) is 0.655. The fraction of sp³-hybridized carbons (Fsp3) is 0.467. The molecule has 0 aliphatic rings. The molecule has 17 heavy (non-hydrogen) atoms. The summed E-state index contributed by atoms with van der Waals surface area (Å²) in [7, 11) is 1.67. The van der Waals surface area contributed by atoms with E-state index in [2.05, 4.69) is 6.92 Å². The lowest BCUT2D eigenvalue weighted by atomic mass is 10.2. The number of hydrogen-bond donors (Lipinski definition) is 0. The number of benzene rings is 1. The second kappa shape index (κ2) is 7.77. The van der Waals surface area contributed by atoms with Crippen molar-refractivity contribution in [2.24, 2.45) is 0 Å². The SMILES string of the molecule is C/C=C/c1ccc(OCCCCC)c(OC)c1. The van der Waals surface area contributed by atoms with Crippen LogP contribution in [-0.4, -0.2) is 13.7 Å². The van der Waals surface area contributed by atoms with Crippen molar-refractivity contribution in [2.45, 2.75) is 33.1 Å². The average Bonchev–Trinajstić information content (AvgIpc) is 2.36. The second-order valence-electron chi connectivity index (χ2n) is 3.97. The van der Waals surface area contributed by atoms with Crippen LogP contribution in [0, 0.1) is 0 Å². The van der Waals surface area contributed by atoms with Gasteiger partial charge in [0.05, 0.1) is 13.7 Å². The molecule has 0 aliphatic carbocycles. The van der Waals surface area contributed by atoms with E-state index in [1.165, 1.54) is 12.8 Å². The fourth-order valence-electron chi connectivity index (χ4n) is 1.63. The Morgan fingerprint density at radius 1 is 1.18 bits per heavy atom. The van der Waals surface area contributed by atoms with Crippen LogP contribution in [0.2, 0.25) is 0 Å². The zero-order valence-corrected chi connectivity index (χ0v) is 11.0. The van der Waals surface area contributed by atoms with Gasteiger partial charge in [-0.05, 0) is 31.0 Å². The van der Waals surface area contributed by atoms with Crippen LogP contribution in [0.5, 0.6) is 11.5 Å². The maximum absolute atomic E-state index is 5.71. The molecule has 0 amide bonds. The molecule has 0 aliphatic heterocycles. The van der Waals surface area contributed by atoms with Crippen molar-refractivity contribution in [1.29, 1.82) is 0 Å². The zero-order valence-electron chi connectivity index (χ0n) is 11.0. The van der Waals surface area contributed by atoms with Gasteiger partial charge in [-0.1, -0.05) is 38.0 Å². The maximum atomic E-state index is 5.71. The summed E-state index contributed by atoms with van der Waals surface area (Å²) in [6, 6.07) is 6.01. The molecule has 94 valence electrons. The normalized spacial score (nSPS) is 10.8. The highest BCUT2D eigenvalue weighted by molar-refractivity contribution is 5.55. The van der Waals surface area contributed by atoms with E-state index in [-0.39, 0.29) is 0 Å². The zero-order chi connectivity index (χ0) is 12.5. The van der Waals surface area contributed by atoms with Gasteiger partial charge in [0.2, 0.25) is 0 Å². The summed E-state index contributed by atoms with van der Waals surface area (Å²) in [6.07, 6.45) is 7.57. The molecular weight excluding hydrogens is 212 g/mol. The minimum atomic E-state index is 0.757. The fourth-order valence-corrected chi connectivity index (χ4v) is 1.63. The summed E-state index contributed by atoms with van der Waals surface area (Å²) in [5.74, 6) is 1.63. The average molecular weight is 234 g/mol. The topological polar surface area (TPSA) is 18.5 Å². The summed E-state index contributed by atoms with van der Waals surface area (Å²) < 4.78 is 11.0. The highest BCUT2D eigenvalue weighted by atomic mass is 16.5. The second-order valence-corrected chi connectivity index (χ2v) is 3.97. The van der Waals surface area contributed by atoms with E-state index in [0.29, 0.717) is 0 Å². The van der Waals surface area contributed by atoms with E-state index < -0.39 is 0 Å². The van der Waals surface area contributed by atoms with Crippen molar-refractivity contribution in [3.63, 3.8) is 0 Å². The van der Waals surface area contributed by atoms with E-state index >= 15 is 0 Å². The van der Waals surface area contributed by atoms with Gasteiger partial charge in [0.25, 0.3) is 0 Å². The van der Waals surface area contributed by atoms with Crippen LogP contribution in [0.1, 0.15) is 38.7 Å². The Bertz CT molecular complexity index is 356. The number of allylic oxidation sites excluding steroid dienone is 1. The molecule has 0 heterocycles. The van der Waals surface area contributed by atoms with E-state index in [0.717, 1.165) is 30.1 Å². The Balaban J connectivity index is 2.64. The Morgan fingerprint density at radius 3 is 2.65 bits per heavy atom. The number of ether oxygens (including phenoxy) is 2. The first-order chi connectivity index (χ1) is 8.31. The molecule has 0 N–H and O–H groups in total. The first-order valence-electron chi connectivity index (χ1n) is 6.25. The summed E-state index contributed by atoms with van der Waals surface area (Å²) in [5, 5.41) is 0. The van der Waals surface area contributed by atoms with Gasteiger partial charge in [0.15, 0.2) is 11.5 Å². The van der Waals surface area contributed by atoms with E-state index in [4.69, 9.17) is 9.47 Å². The van der Waals surface area contributed by atoms with Crippen LogP contribution in [-0.2, 0) is 0 Å². The van der Waals surface area contributed by atoms with Gasteiger partial charge in [-0.3, -0.25) is 0 Å². The molecule has 0 saturated heterocycles. The third-order valence-corrected chi connectivity index (χ3v) is 2.55. The van der Waals surface area contributed by atoms with Crippen molar-refractivity contribution in [3.8, 4) is 11.5 Å². The van der Waals surface area contributed by atoms with Crippen LogP contribution in [0.15, 0.2) is 24.3 Å². The van der Waals surface area contributed by atoms with Crippen LogP contribution >= 0.6 is 0 Å². The van der Waals surface area contributed by atoms with Gasteiger partial charge >= 0.3 is 0 Å². The molecule has 0 fully saturated rings. The van der Waals surface area contributed by atoms with Gasteiger partial charge in [0, 0.05) is 0 Å². The summed E-state index contributed by atoms with van der Waals surface area (Å²) in [5.41, 5.74) is 1.13. The monoisotopic (exact) mass is 234 g/mol. The molecule has 1 aromatic rings. The van der Waals surface area contributed by atoms with Crippen molar-refractivity contribution in [1.82, 2.24) is 0 Å². The number of rotatable bonds is 7. The molecule has 0 spiro atoms. The summed E-state index contributed by atoms with van der Waals surface area (Å²) in [4.78, 5) is 0. The molecule has 1 rings (SSSR count). The van der Waals surface area contributed by atoms with Crippen LogP contribution in [0.25, 0.3) is 6.08 Å². The molecular formula is C15H22O2. The first-order valence-corrected chi connectivity index (χ1v) is 6.25. The predicted molar refractivity (Wildman–Crippen MR) is 72.7 cm³/mol. The Hall–Kier alpha value is -1.44. The molecule has 0 radical (unpaired) electrons. The highest BCUT2D eigenvalue weighted by Gasteiger charge is 2.04. The van der Waals surface area contributed by atoms with Gasteiger partial charge in [-0.25, -0.2) is 0 Å². The third kappa shape index (κ3) is 4.51. The van der Waals surface area contributed by atoms with Crippen molar-refractivity contribution >= 4 is 6.08 Å². The van der Waals surface area contributed by atoms with E-state index in [9.17, 15) is 0 Å². The minimum Gasteiger partial charge on any atom is -0.493 e. The summed E-state index contributed by atoms with van der Waals surface area (Å²) in [6.45, 7) is 4.95. The molecule has 0 aromatic heterocycles. The Morgan fingerprint density at radius 2 is 2.00 bits per heavy atom. The smallest absolute Gasteiger partial charge is 0.161 e. The molecule has 2 heteroatoms. The lowest BCUT2D eigenvalue weighted by Crippen LogP contribution is -1.99. The maximum Gasteiger partial charge on any atom is 0.161 e. The standard InChI is InChI=1S/C15H22O2/c1-4-6-7-11-17-14-10-9-13(8-5-2)12-15(14)16-3/h5,8-10,12H,4,6-7,11H2,1-3H3/b8-5+. The Kier molecular flexibility index (Phi) is 6.23. The van der Waals surface area contributed by atoms with Crippen LogP contribution in [0.3, 0.4) is 0 Å². The molecule has 1 aromatic carbocycles. The molecule has 0 unspecified atom stereocenters. The molecule has 2 nitrogen and oxygen atoms in total.